The molecule has 0 aromatic rings. The summed E-state index contributed by atoms with van der Waals surface area (Å²) in [6.45, 7) is -2.18. The molecule has 93 heavy (non-hydrogen) atoms. The second-order valence-electron chi connectivity index (χ2n) is 23.8. The zero-order chi connectivity index (χ0) is 68.5. The molecule has 41 heteroatoms. The minimum absolute atomic E-state index is 0.802. The summed E-state index contributed by atoms with van der Waals surface area (Å²) in [7, 11) is 0. The Kier molecular flexibility index (Phi) is 26.7. The average Bonchev–Trinajstić information content (AvgIpc) is 0.780. The second kappa shape index (κ2) is 32.6. The van der Waals surface area contributed by atoms with E-state index in [1.165, 1.54) is 13.8 Å². The number of ether oxygens (including phenoxy) is 15. The third-order valence-electron chi connectivity index (χ3n) is 17.4. The summed E-state index contributed by atoms with van der Waals surface area (Å²) in [4.78, 5) is 25.8. The molecule has 8 fully saturated rings. The molecule has 0 bridgehead atoms. The molecule has 1 unspecified atom stereocenters. The van der Waals surface area contributed by atoms with E-state index in [9.17, 15) is 122 Å². The molecule has 2 amide bonds. The van der Waals surface area contributed by atoms with E-state index < -0.39 is 297 Å². The summed E-state index contributed by atoms with van der Waals surface area (Å²) in [5.41, 5.74) is 0. The molecule has 8 saturated heterocycles. The van der Waals surface area contributed by atoms with Gasteiger partial charge in [0.1, 0.15) is 183 Å². The molecule has 41 nitrogen and oxygen atoms in total. The van der Waals surface area contributed by atoms with Crippen molar-refractivity contribution < 1.29 is 193 Å². The van der Waals surface area contributed by atoms with Crippen molar-refractivity contribution in [2.24, 2.45) is 0 Å². The van der Waals surface area contributed by atoms with Gasteiger partial charge in [-0.1, -0.05) is 0 Å². The number of amides is 2. The van der Waals surface area contributed by atoms with Gasteiger partial charge in [0, 0.05) is 13.8 Å². The highest BCUT2D eigenvalue weighted by molar-refractivity contribution is 5.73. The fraction of sp³-hybridized carbons (Fsp3) is 0.962. The molecule has 0 radical (unpaired) electrons. The molecule has 0 saturated carbocycles. The van der Waals surface area contributed by atoms with E-state index in [4.69, 9.17) is 71.1 Å². The molecule has 8 rings (SSSR count). The van der Waals surface area contributed by atoms with Gasteiger partial charge in [0.2, 0.25) is 11.8 Å². The van der Waals surface area contributed by atoms with Crippen molar-refractivity contribution in [3.8, 4) is 0 Å². The lowest BCUT2D eigenvalue weighted by molar-refractivity contribution is -0.414. The van der Waals surface area contributed by atoms with Gasteiger partial charge in [-0.3, -0.25) is 9.59 Å². The number of aliphatic hydroxyl groups is 22. The summed E-state index contributed by atoms with van der Waals surface area (Å²) < 4.78 is 89.9. The number of carbonyl (C=O) groups excluding carboxylic acids is 2. The van der Waals surface area contributed by atoms with Crippen molar-refractivity contribution in [1.82, 2.24) is 10.6 Å². The van der Waals surface area contributed by atoms with E-state index in [1.807, 2.05) is 0 Å². The predicted molar refractivity (Wildman–Crippen MR) is 285 cm³/mol. The molecule has 0 aromatic carbocycles. The molecule has 24 N–H and O–H groups in total. The van der Waals surface area contributed by atoms with E-state index in [0.717, 1.165) is 13.8 Å². The quantitative estimate of drug-likeness (QED) is 0.0479. The summed E-state index contributed by atoms with van der Waals surface area (Å²) >= 11 is 0. The van der Waals surface area contributed by atoms with E-state index in [-0.39, 0.29) is 0 Å². The van der Waals surface area contributed by atoms with Gasteiger partial charge in [-0.25, -0.2) is 0 Å². The maximum Gasteiger partial charge on any atom is 0.217 e. The first-order valence-corrected chi connectivity index (χ1v) is 29.9. The molecular weight excluding hydrogens is 1280 g/mol. The zero-order valence-electron chi connectivity index (χ0n) is 50.1. The third kappa shape index (κ3) is 16.2. The first kappa shape index (κ1) is 76.2. The van der Waals surface area contributed by atoms with Crippen molar-refractivity contribution in [1.29, 1.82) is 0 Å². The van der Waals surface area contributed by atoms with Crippen LogP contribution in [0.1, 0.15) is 27.7 Å². The molecule has 8 aliphatic heterocycles. The Morgan fingerprint density at radius 1 is 0.280 bits per heavy atom. The maximum atomic E-state index is 13.5. The van der Waals surface area contributed by atoms with Crippen LogP contribution in [0.15, 0.2) is 0 Å². The van der Waals surface area contributed by atoms with Crippen molar-refractivity contribution >= 4 is 11.8 Å². The minimum atomic E-state index is -2.53. The number of hydrogen-bond donors (Lipinski definition) is 24. The maximum absolute atomic E-state index is 13.5. The molecule has 540 valence electrons. The Bertz CT molecular complexity index is 2350. The Morgan fingerprint density at radius 2 is 0.581 bits per heavy atom. The highest BCUT2D eigenvalue weighted by atomic mass is 16.8. The van der Waals surface area contributed by atoms with Crippen molar-refractivity contribution in [2.45, 2.75) is 273 Å². The average molecular weight is 1370 g/mol. The van der Waals surface area contributed by atoms with Crippen LogP contribution in [-0.4, -0.2) is 409 Å². The molecule has 0 aromatic heterocycles. The van der Waals surface area contributed by atoms with E-state index >= 15 is 0 Å². The highest BCUT2D eigenvalue weighted by Gasteiger charge is 2.61. The van der Waals surface area contributed by atoms with Crippen LogP contribution in [0.5, 0.6) is 0 Å². The van der Waals surface area contributed by atoms with Gasteiger partial charge in [-0.2, -0.15) is 0 Å². The Hall–Kier alpha value is -2.54. The fourth-order valence-electron chi connectivity index (χ4n) is 12.1. The number of nitrogens with one attached hydrogen (secondary N) is 2. The van der Waals surface area contributed by atoms with Gasteiger partial charge < -0.3 is 194 Å². The van der Waals surface area contributed by atoms with Crippen molar-refractivity contribution in [3.63, 3.8) is 0 Å². The number of carbonyl (C=O) groups is 2. The largest absolute Gasteiger partial charge is 0.394 e. The first-order chi connectivity index (χ1) is 43.9. The third-order valence-corrected chi connectivity index (χ3v) is 17.4. The smallest absolute Gasteiger partial charge is 0.217 e. The minimum Gasteiger partial charge on any atom is -0.394 e. The van der Waals surface area contributed by atoms with Crippen molar-refractivity contribution in [2.75, 3.05) is 39.6 Å². The van der Waals surface area contributed by atoms with Crippen LogP contribution in [0.2, 0.25) is 0 Å². The lowest BCUT2D eigenvalue weighted by atomic mass is 9.93. The molecule has 0 spiro atoms. The summed E-state index contributed by atoms with van der Waals surface area (Å²) in [5.74, 6) is -1.78. The standard InChI is InChI=1S/C52H88N2O39/c1-11-23(63)29(69)34(74)47(79-11)92-44-33(73)27(67)17(7-57)84-52(44)89-40-20(10-60)86-50(37(77)42(40)91-48-35(75)30(70)25(65)15(5-55)82-48)88-39-19(9-59)85-46(87-38-18(8-58)81-45(78)21(28(38)68)53-13(3)61)22(54-14(4)62)41(39)90-51-43(32(72)24(64)12(2)80-51)93-49-36(76)31(71)26(66)16(6-56)83-49/h11-12,15-52,55-60,63-78H,5-10H2,1-4H3,(H,53,61)(H,54,62)/t11-,12-,15+,16+,17+,18+,19+,20+,21+,22+,23+,24+,25+,26-,27-,28+,29+,30-,31-,32+,33-,34-,35-,36+,37-,38+,39+,40+,41+,42+,43-,44+,45+,46-,47-,48+,49?,50-,51-,52-/m0/s1. The van der Waals surface area contributed by atoms with Crippen molar-refractivity contribution in [3.05, 3.63) is 0 Å². The predicted octanol–water partition coefficient (Wildman–Crippen LogP) is -16.1. The van der Waals surface area contributed by atoms with Gasteiger partial charge in [-0.15, -0.1) is 0 Å². The summed E-state index contributed by atoms with van der Waals surface area (Å²) in [6, 6.07) is -3.70. The van der Waals surface area contributed by atoms with Gasteiger partial charge in [0.05, 0.1) is 51.8 Å². The van der Waals surface area contributed by atoms with E-state index in [0.29, 0.717) is 0 Å². The fourth-order valence-corrected chi connectivity index (χ4v) is 12.1. The number of aliphatic hydroxyl groups excluding tert-OH is 22. The van der Waals surface area contributed by atoms with Gasteiger partial charge in [-0.05, 0) is 13.8 Å². The molecular formula is C52H88N2O39. The van der Waals surface area contributed by atoms with Crippen LogP contribution in [-0.2, 0) is 80.6 Å². The number of hydrogen-bond acceptors (Lipinski definition) is 39. The lowest BCUT2D eigenvalue weighted by Crippen LogP contribution is -2.72. The molecule has 0 aliphatic carbocycles. The number of rotatable bonds is 22. The van der Waals surface area contributed by atoms with Crippen LogP contribution in [0.4, 0.5) is 0 Å². The van der Waals surface area contributed by atoms with Gasteiger partial charge >= 0.3 is 0 Å². The van der Waals surface area contributed by atoms with Crippen LogP contribution >= 0.6 is 0 Å². The molecule has 40 atom stereocenters. The lowest BCUT2D eigenvalue weighted by Gasteiger charge is -2.53. The Morgan fingerprint density at radius 3 is 1.06 bits per heavy atom. The summed E-state index contributed by atoms with van der Waals surface area (Å²) in [5, 5.41) is 246. The summed E-state index contributed by atoms with van der Waals surface area (Å²) in [6.07, 6.45) is -77.1. The highest BCUT2D eigenvalue weighted by Crippen LogP contribution is 2.41. The Labute approximate surface area is 527 Å². The van der Waals surface area contributed by atoms with Crippen LogP contribution in [0, 0.1) is 0 Å². The zero-order valence-corrected chi connectivity index (χ0v) is 50.1. The topological polar surface area (TPSA) is 642 Å². The molecule has 8 heterocycles. The SMILES string of the molecule is CC(=O)N[C@@H]1[C@@H](O)[C@H](O[C@@H]2O[C@H](CO)[C@@H](O[C@@H]3O[C@H](CO)[C@@H](O[C@@H]4O[C@H](CO)[C@H](O)[C@H](O)[C@H]4O[C@@H]4O[C@@H](C)[C@@H](O)[C@@H](O)[C@@H]4O)[C@H](O[C@H]4O[C@H](CO)[C@@H](O)[C@H](O)[C@@H]4O)[C@@H]3O)[C@H](O[C@@H]3O[C@@H](C)[C@@H](O)[C@@H](O)[C@@H]3OC3O[C@H](CO)[C@H](O)[C@H](O)[C@H]3O)[C@H]2NC(C)=O)[C@@H](CO)O[C@H]1O. The van der Waals surface area contributed by atoms with Gasteiger partial charge in [0.25, 0.3) is 0 Å². The Balaban J connectivity index is 1.21. The first-order valence-electron chi connectivity index (χ1n) is 29.9. The van der Waals surface area contributed by atoms with Crippen LogP contribution in [0.3, 0.4) is 0 Å². The normalized spacial score (nSPS) is 51.6. The van der Waals surface area contributed by atoms with E-state index in [1.54, 1.807) is 0 Å². The molecule has 8 aliphatic rings. The van der Waals surface area contributed by atoms with Crippen LogP contribution in [0.25, 0.3) is 0 Å². The second-order valence-corrected chi connectivity index (χ2v) is 23.8. The van der Waals surface area contributed by atoms with Gasteiger partial charge in [0.15, 0.2) is 50.3 Å². The monoisotopic (exact) mass is 1360 g/mol. The van der Waals surface area contributed by atoms with Crippen LogP contribution < -0.4 is 10.6 Å². The van der Waals surface area contributed by atoms with E-state index in [2.05, 4.69) is 10.6 Å².